The van der Waals surface area contributed by atoms with Crippen LogP contribution in [0.25, 0.3) is 0 Å². The van der Waals surface area contributed by atoms with Crippen molar-refractivity contribution in [1.29, 1.82) is 0 Å². The van der Waals surface area contributed by atoms with Crippen LogP contribution in [0, 0.1) is 0 Å². The van der Waals surface area contributed by atoms with E-state index in [1.165, 1.54) is 5.56 Å². The molecule has 2 aromatic carbocycles. The van der Waals surface area contributed by atoms with Crippen molar-refractivity contribution in [3.05, 3.63) is 60.2 Å². The average molecular weight is 355 g/mol. The minimum Gasteiger partial charge on any atom is -0.494 e. The van der Waals surface area contributed by atoms with Gasteiger partial charge in [-0.1, -0.05) is 37.3 Å². The van der Waals surface area contributed by atoms with Crippen LogP contribution in [0.5, 0.6) is 5.75 Å². The zero-order chi connectivity index (χ0) is 18.8. The van der Waals surface area contributed by atoms with Crippen molar-refractivity contribution in [2.45, 2.75) is 39.2 Å². The van der Waals surface area contributed by atoms with Gasteiger partial charge in [0.2, 0.25) is 0 Å². The maximum Gasteiger partial charge on any atom is 0.306 e. The molecule has 0 fully saturated rings. The highest BCUT2D eigenvalue weighted by atomic mass is 16.5. The highest BCUT2D eigenvalue weighted by Gasteiger charge is 2.17. The van der Waals surface area contributed by atoms with E-state index in [2.05, 4.69) is 12.2 Å². The van der Waals surface area contributed by atoms with Gasteiger partial charge in [0.15, 0.2) is 6.10 Å². The van der Waals surface area contributed by atoms with Crippen molar-refractivity contribution in [2.75, 3.05) is 11.9 Å². The largest absolute Gasteiger partial charge is 0.494 e. The number of esters is 1. The van der Waals surface area contributed by atoms with Gasteiger partial charge in [-0.15, -0.1) is 0 Å². The predicted molar refractivity (Wildman–Crippen MR) is 101 cm³/mol. The van der Waals surface area contributed by atoms with Gasteiger partial charge in [-0.3, -0.25) is 9.59 Å². The number of anilines is 1. The quantitative estimate of drug-likeness (QED) is 0.546. The molecule has 0 bridgehead atoms. The Hall–Kier alpha value is -2.82. The van der Waals surface area contributed by atoms with Gasteiger partial charge in [-0.2, -0.15) is 0 Å². The number of rotatable bonds is 9. The summed E-state index contributed by atoms with van der Waals surface area (Å²) in [4.78, 5) is 24.0. The van der Waals surface area contributed by atoms with Crippen molar-refractivity contribution in [3.8, 4) is 5.75 Å². The number of hydrogen-bond acceptors (Lipinski definition) is 4. The van der Waals surface area contributed by atoms with E-state index >= 15 is 0 Å². The molecule has 1 amide bonds. The van der Waals surface area contributed by atoms with Gasteiger partial charge in [0.1, 0.15) is 5.75 Å². The summed E-state index contributed by atoms with van der Waals surface area (Å²) in [5.41, 5.74) is 1.88. The first-order valence-electron chi connectivity index (χ1n) is 8.85. The molecule has 0 aliphatic heterocycles. The zero-order valence-corrected chi connectivity index (χ0v) is 15.2. The van der Waals surface area contributed by atoms with Gasteiger partial charge in [0.05, 0.1) is 6.61 Å². The molecule has 0 spiro atoms. The Bertz CT molecular complexity index is 698. The monoisotopic (exact) mass is 355 g/mol. The van der Waals surface area contributed by atoms with E-state index in [4.69, 9.17) is 9.47 Å². The Morgan fingerprint density at radius 2 is 1.73 bits per heavy atom. The molecule has 1 N–H and O–H groups in total. The van der Waals surface area contributed by atoms with Crippen LogP contribution in [0.1, 0.15) is 32.3 Å². The topological polar surface area (TPSA) is 64.6 Å². The maximum atomic E-state index is 12.1. The standard InChI is InChI=1S/C21H25NO4/c1-3-17-11-13-18(14-12-17)22-21(24)16(2)26-20(23)10-7-15-25-19-8-5-4-6-9-19/h4-6,8-9,11-14,16H,3,7,10,15H2,1-2H3,(H,22,24)/t16-/m1/s1. The Morgan fingerprint density at radius 1 is 1.04 bits per heavy atom. The molecule has 1 atom stereocenters. The lowest BCUT2D eigenvalue weighted by Gasteiger charge is -2.14. The number of para-hydroxylation sites is 1. The van der Waals surface area contributed by atoms with Gasteiger partial charge in [0, 0.05) is 12.1 Å². The van der Waals surface area contributed by atoms with Crippen LogP contribution in [-0.4, -0.2) is 24.6 Å². The molecule has 138 valence electrons. The van der Waals surface area contributed by atoms with E-state index in [1.807, 2.05) is 54.6 Å². The summed E-state index contributed by atoms with van der Waals surface area (Å²) in [6.07, 6.45) is 0.829. The minimum absolute atomic E-state index is 0.204. The lowest BCUT2D eigenvalue weighted by Crippen LogP contribution is -2.30. The van der Waals surface area contributed by atoms with Gasteiger partial charge >= 0.3 is 5.97 Å². The van der Waals surface area contributed by atoms with Crippen LogP contribution in [0.4, 0.5) is 5.69 Å². The number of carbonyl (C=O) groups is 2. The third-order valence-corrected chi connectivity index (χ3v) is 3.84. The first-order valence-corrected chi connectivity index (χ1v) is 8.85. The number of nitrogens with one attached hydrogen (secondary N) is 1. The number of aryl methyl sites for hydroxylation is 1. The maximum absolute atomic E-state index is 12.1. The molecule has 0 aromatic heterocycles. The Morgan fingerprint density at radius 3 is 2.38 bits per heavy atom. The summed E-state index contributed by atoms with van der Waals surface area (Å²) >= 11 is 0. The summed E-state index contributed by atoms with van der Waals surface area (Å²) in [5, 5.41) is 2.75. The number of carbonyl (C=O) groups excluding carboxylic acids is 2. The van der Waals surface area contributed by atoms with Crippen molar-refractivity contribution < 1.29 is 19.1 Å². The predicted octanol–water partition coefficient (Wildman–Crippen LogP) is 3.98. The summed E-state index contributed by atoms with van der Waals surface area (Å²) < 4.78 is 10.7. The molecule has 0 saturated carbocycles. The van der Waals surface area contributed by atoms with Crippen LogP contribution < -0.4 is 10.1 Å². The third-order valence-electron chi connectivity index (χ3n) is 3.84. The van der Waals surface area contributed by atoms with E-state index in [-0.39, 0.29) is 12.3 Å². The van der Waals surface area contributed by atoms with Gasteiger partial charge in [-0.25, -0.2) is 0 Å². The van der Waals surface area contributed by atoms with E-state index < -0.39 is 12.1 Å². The second-order valence-electron chi connectivity index (χ2n) is 5.94. The van der Waals surface area contributed by atoms with Gasteiger partial charge in [-0.05, 0) is 49.6 Å². The molecular weight excluding hydrogens is 330 g/mol. The van der Waals surface area contributed by atoms with Crippen molar-refractivity contribution >= 4 is 17.6 Å². The molecular formula is C21H25NO4. The Balaban J connectivity index is 1.67. The molecule has 0 aliphatic carbocycles. The molecule has 5 heteroatoms. The van der Waals surface area contributed by atoms with Crippen LogP contribution >= 0.6 is 0 Å². The smallest absolute Gasteiger partial charge is 0.306 e. The first-order chi connectivity index (χ1) is 12.6. The summed E-state index contributed by atoms with van der Waals surface area (Å²) in [6.45, 7) is 4.05. The molecule has 0 heterocycles. The van der Waals surface area contributed by atoms with Crippen molar-refractivity contribution in [1.82, 2.24) is 0 Å². The molecule has 0 saturated heterocycles. The van der Waals surface area contributed by atoms with Crippen LogP contribution in [0.15, 0.2) is 54.6 Å². The molecule has 2 aromatic rings. The highest BCUT2D eigenvalue weighted by Crippen LogP contribution is 2.12. The fourth-order valence-corrected chi connectivity index (χ4v) is 2.30. The number of hydrogen-bond donors (Lipinski definition) is 1. The molecule has 0 unspecified atom stereocenters. The zero-order valence-electron chi connectivity index (χ0n) is 15.2. The van der Waals surface area contributed by atoms with E-state index in [0.29, 0.717) is 18.7 Å². The molecule has 5 nitrogen and oxygen atoms in total. The average Bonchev–Trinajstić information content (AvgIpc) is 2.66. The minimum atomic E-state index is -0.844. The first kappa shape index (κ1) is 19.5. The van der Waals surface area contributed by atoms with Gasteiger partial charge < -0.3 is 14.8 Å². The molecule has 0 radical (unpaired) electrons. The lowest BCUT2D eigenvalue weighted by atomic mass is 10.1. The Kier molecular flexibility index (Phi) is 7.68. The summed E-state index contributed by atoms with van der Waals surface area (Å²) in [7, 11) is 0. The van der Waals surface area contributed by atoms with Gasteiger partial charge in [0.25, 0.3) is 5.91 Å². The van der Waals surface area contributed by atoms with Crippen LogP contribution in [-0.2, 0) is 20.7 Å². The van der Waals surface area contributed by atoms with Crippen LogP contribution in [0.2, 0.25) is 0 Å². The molecule has 0 aliphatic rings. The van der Waals surface area contributed by atoms with E-state index in [9.17, 15) is 9.59 Å². The number of benzene rings is 2. The second-order valence-corrected chi connectivity index (χ2v) is 5.94. The number of amides is 1. The van der Waals surface area contributed by atoms with Crippen molar-refractivity contribution in [3.63, 3.8) is 0 Å². The second kappa shape index (κ2) is 10.2. The van der Waals surface area contributed by atoms with Crippen LogP contribution in [0.3, 0.4) is 0 Å². The summed E-state index contributed by atoms with van der Waals surface area (Å²) in [5.74, 6) is 0.0106. The van der Waals surface area contributed by atoms with E-state index in [1.54, 1.807) is 6.92 Å². The van der Waals surface area contributed by atoms with E-state index in [0.717, 1.165) is 12.2 Å². The third kappa shape index (κ3) is 6.59. The lowest BCUT2D eigenvalue weighted by molar-refractivity contribution is -0.153. The highest BCUT2D eigenvalue weighted by molar-refractivity contribution is 5.95. The SMILES string of the molecule is CCc1ccc(NC(=O)[C@@H](C)OC(=O)CCCOc2ccccc2)cc1. The molecule has 2 rings (SSSR count). The Labute approximate surface area is 154 Å². The fourth-order valence-electron chi connectivity index (χ4n) is 2.30. The summed E-state index contributed by atoms with van der Waals surface area (Å²) in [6, 6.07) is 17.0. The normalized spacial score (nSPS) is 11.5. The van der Waals surface area contributed by atoms with Crippen molar-refractivity contribution in [2.24, 2.45) is 0 Å². The molecule has 26 heavy (non-hydrogen) atoms. The number of ether oxygens (including phenoxy) is 2. The fraction of sp³-hybridized carbons (Fsp3) is 0.333.